The van der Waals surface area contributed by atoms with Gasteiger partial charge >= 0.3 is 0 Å². The van der Waals surface area contributed by atoms with Crippen LogP contribution >= 0.6 is 0 Å². The fourth-order valence-electron chi connectivity index (χ4n) is 1.55. The quantitative estimate of drug-likeness (QED) is 0.769. The summed E-state index contributed by atoms with van der Waals surface area (Å²) in [5, 5.41) is 3.35. The van der Waals surface area contributed by atoms with Gasteiger partial charge in [0.2, 0.25) is 0 Å². The first kappa shape index (κ1) is 9.19. The predicted molar refractivity (Wildman–Crippen MR) is 57.2 cm³/mol. The molecule has 1 aliphatic heterocycles. The van der Waals surface area contributed by atoms with Crippen LogP contribution in [-0.2, 0) is 6.54 Å². The summed E-state index contributed by atoms with van der Waals surface area (Å²) in [6.07, 6.45) is 7.27. The first-order valence-corrected chi connectivity index (χ1v) is 5.11. The van der Waals surface area contributed by atoms with Crippen LogP contribution in [0, 0.1) is 0 Å². The van der Waals surface area contributed by atoms with Gasteiger partial charge in [0, 0.05) is 31.9 Å². The maximum absolute atomic E-state index is 4.43. The second kappa shape index (κ2) is 4.74. The van der Waals surface area contributed by atoms with Gasteiger partial charge in [-0.1, -0.05) is 6.07 Å². The van der Waals surface area contributed by atoms with E-state index in [0.29, 0.717) is 0 Å². The van der Waals surface area contributed by atoms with E-state index in [1.165, 1.54) is 18.4 Å². The fourth-order valence-corrected chi connectivity index (χ4v) is 1.55. The van der Waals surface area contributed by atoms with Crippen molar-refractivity contribution in [2.45, 2.75) is 25.8 Å². The molecule has 0 unspecified atom stereocenters. The number of hydrogen-bond donors (Lipinski definition) is 1. The van der Waals surface area contributed by atoms with Crippen molar-refractivity contribution in [1.29, 1.82) is 0 Å². The molecule has 74 valence electrons. The van der Waals surface area contributed by atoms with Crippen molar-refractivity contribution >= 4 is 5.84 Å². The molecule has 0 amide bonds. The Morgan fingerprint density at radius 3 is 3.07 bits per heavy atom. The number of hydrogen-bond acceptors (Lipinski definition) is 3. The molecule has 1 aliphatic rings. The van der Waals surface area contributed by atoms with E-state index < -0.39 is 0 Å². The van der Waals surface area contributed by atoms with Crippen LogP contribution in [0.2, 0.25) is 0 Å². The number of aliphatic imine (C=N–C) groups is 1. The average Bonchev–Trinajstić information content (AvgIpc) is 2.29. The minimum atomic E-state index is 0.840. The van der Waals surface area contributed by atoms with Gasteiger partial charge in [0.15, 0.2) is 0 Å². The summed E-state index contributed by atoms with van der Waals surface area (Å²) in [6, 6.07) is 4.03. The first-order chi connectivity index (χ1) is 6.95. The molecule has 2 heterocycles. The molecule has 0 aromatic carbocycles. The van der Waals surface area contributed by atoms with Crippen molar-refractivity contribution in [1.82, 2.24) is 10.3 Å². The second-order valence-corrected chi connectivity index (χ2v) is 3.50. The molecule has 0 saturated heterocycles. The van der Waals surface area contributed by atoms with Gasteiger partial charge in [0.05, 0.1) is 5.84 Å². The first-order valence-electron chi connectivity index (χ1n) is 5.11. The van der Waals surface area contributed by atoms with Crippen molar-refractivity contribution in [3.05, 3.63) is 30.1 Å². The van der Waals surface area contributed by atoms with Gasteiger partial charge in [-0.2, -0.15) is 0 Å². The minimum Gasteiger partial charge on any atom is -0.370 e. The molecule has 2 rings (SSSR count). The molecule has 0 bridgehead atoms. The Kier molecular flexibility index (Phi) is 3.11. The van der Waals surface area contributed by atoms with Crippen LogP contribution in [0.15, 0.2) is 29.5 Å². The van der Waals surface area contributed by atoms with Crippen molar-refractivity contribution in [2.75, 3.05) is 6.54 Å². The number of amidine groups is 1. The molecule has 0 atom stereocenters. The summed E-state index contributed by atoms with van der Waals surface area (Å²) in [5.74, 6) is 1.15. The Hall–Kier alpha value is -1.38. The second-order valence-electron chi connectivity index (χ2n) is 3.50. The minimum absolute atomic E-state index is 0.840. The van der Waals surface area contributed by atoms with E-state index in [1.54, 1.807) is 6.20 Å². The molecule has 1 aromatic rings. The average molecular weight is 189 g/mol. The fraction of sp³-hybridized carbons (Fsp3) is 0.455. The highest BCUT2D eigenvalue weighted by Crippen LogP contribution is 2.04. The monoisotopic (exact) mass is 189 g/mol. The number of rotatable bonds is 2. The molecule has 3 nitrogen and oxygen atoms in total. The molecule has 0 aliphatic carbocycles. The zero-order valence-corrected chi connectivity index (χ0v) is 8.24. The van der Waals surface area contributed by atoms with Crippen molar-refractivity contribution in [2.24, 2.45) is 4.99 Å². The van der Waals surface area contributed by atoms with Crippen molar-refractivity contribution in [3.63, 3.8) is 0 Å². The highest BCUT2D eigenvalue weighted by atomic mass is 15.0. The maximum Gasteiger partial charge on any atom is 0.0965 e. The summed E-state index contributed by atoms with van der Waals surface area (Å²) in [7, 11) is 0. The van der Waals surface area contributed by atoms with E-state index in [4.69, 9.17) is 0 Å². The normalized spacial score (nSPS) is 16.1. The lowest BCUT2D eigenvalue weighted by Crippen LogP contribution is -2.25. The lowest BCUT2D eigenvalue weighted by molar-refractivity contribution is 0.706. The van der Waals surface area contributed by atoms with Crippen LogP contribution in [0.25, 0.3) is 0 Å². The topological polar surface area (TPSA) is 37.3 Å². The van der Waals surface area contributed by atoms with Crippen LogP contribution in [0.3, 0.4) is 0 Å². The van der Waals surface area contributed by atoms with Crippen molar-refractivity contribution in [3.8, 4) is 0 Å². The van der Waals surface area contributed by atoms with E-state index in [1.807, 2.05) is 12.3 Å². The molecule has 0 radical (unpaired) electrons. The highest BCUT2D eigenvalue weighted by molar-refractivity contribution is 5.82. The van der Waals surface area contributed by atoms with Gasteiger partial charge in [-0.15, -0.1) is 0 Å². The van der Waals surface area contributed by atoms with Crippen LogP contribution in [-0.4, -0.2) is 17.4 Å². The van der Waals surface area contributed by atoms with E-state index in [9.17, 15) is 0 Å². The van der Waals surface area contributed by atoms with E-state index >= 15 is 0 Å². The Balaban J connectivity index is 1.85. The summed E-state index contributed by atoms with van der Waals surface area (Å²) < 4.78 is 0. The number of nitrogens with zero attached hydrogens (tertiary/aromatic N) is 2. The zero-order valence-electron chi connectivity index (χ0n) is 8.24. The van der Waals surface area contributed by atoms with Gasteiger partial charge in [-0.05, 0) is 24.5 Å². The van der Waals surface area contributed by atoms with Gasteiger partial charge in [0.25, 0.3) is 0 Å². The Morgan fingerprint density at radius 2 is 2.36 bits per heavy atom. The molecular formula is C11H15N3. The summed E-state index contributed by atoms with van der Waals surface area (Å²) in [6.45, 7) is 1.82. The molecule has 1 N–H and O–H groups in total. The van der Waals surface area contributed by atoms with Crippen LogP contribution in [0.1, 0.15) is 24.8 Å². The largest absolute Gasteiger partial charge is 0.370 e. The molecule has 0 spiro atoms. The lowest BCUT2D eigenvalue weighted by atomic mass is 10.2. The maximum atomic E-state index is 4.43. The Morgan fingerprint density at radius 1 is 1.36 bits per heavy atom. The number of nitrogens with one attached hydrogen (secondary N) is 1. The standard InChI is InChI=1S/C11H15N3/c1-2-7-13-11(5-1)14-9-10-4-3-6-12-8-10/h3-4,6,8H,1-2,5,7,9H2,(H,13,14). The highest BCUT2D eigenvalue weighted by Gasteiger charge is 2.03. The zero-order chi connectivity index (χ0) is 9.64. The molecule has 1 aromatic heterocycles. The predicted octanol–water partition coefficient (Wildman–Crippen LogP) is 1.75. The third kappa shape index (κ3) is 2.55. The van der Waals surface area contributed by atoms with Crippen LogP contribution < -0.4 is 5.32 Å². The lowest BCUT2D eigenvalue weighted by Gasteiger charge is -2.13. The Labute approximate surface area is 84.3 Å². The van der Waals surface area contributed by atoms with Gasteiger partial charge in [-0.25, -0.2) is 0 Å². The van der Waals surface area contributed by atoms with Crippen molar-refractivity contribution < 1.29 is 0 Å². The molecule has 3 heteroatoms. The third-order valence-corrected chi connectivity index (χ3v) is 2.34. The molecule has 0 fully saturated rings. The summed E-state index contributed by atoms with van der Waals surface area (Å²) >= 11 is 0. The van der Waals surface area contributed by atoms with Gasteiger partial charge < -0.3 is 5.32 Å². The molecule has 14 heavy (non-hydrogen) atoms. The summed E-state index contributed by atoms with van der Waals surface area (Å²) in [4.78, 5) is 8.50. The number of aromatic nitrogens is 1. The molecular weight excluding hydrogens is 174 g/mol. The third-order valence-electron chi connectivity index (χ3n) is 2.34. The smallest absolute Gasteiger partial charge is 0.0965 e. The SMILES string of the molecule is c1cncc(CNC2=NCCCC2)c1. The summed E-state index contributed by atoms with van der Waals surface area (Å²) in [5.41, 5.74) is 1.21. The van der Waals surface area contributed by atoms with Gasteiger partial charge in [0.1, 0.15) is 0 Å². The van der Waals surface area contributed by atoms with E-state index in [-0.39, 0.29) is 0 Å². The number of pyridine rings is 1. The van der Waals surface area contributed by atoms with Crippen LogP contribution in [0.4, 0.5) is 0 Å². The van der Waals surface area contributed by atoms with E-state index in [2.05, 4.69) is 21.4 Å². The van der Waals surface area contributed by atoms with E-state index in [0.717, 1.165) is 25.3 Å². The molecule has 0 saturated carbocycles. The van der Waals surface area contributed by atoms with Gasteiger partial charge in [-0.3, -0.25) is 9.98 Å². The van der Waals surface area contributed by atoms with Crippen LogP contribution in [0.5, 0.6) is 0 Å². The Bertz CT molecular complexity index is 306.